The van der Waals surface area contributed by atoms with Gasteiger partial charge in [-0.2, -0.15) is 5.10 Å². The van der Waals surface area contributed by atoms with Crippen LogP contribution in [-0.2, 0) is 0 Å². The highest BCUT2D eigenvalue weighted by atomic mass is 16.5. The Morgan fingerprint density at radius 3 is 2.41 bits per heavy atom. The van der Waals surface area contributed by atoms with Crippen molar-refractivity contribution in [2.75, 3.05) is 14.2 Å². The van der Waals surface area contributed by atoms with Crippen LogP contribution in [0.5, 0.6) is 11.5 Å². The molecule has 6 heteroatoms. The standard InChI is InChI=1S/C26H25N3O3/c1-17-12-21(18(2)29(17)22-10-7-11-23(15-22)31-3)16-27-28-26(30)24-13-19-8-5-6-9-20(19)14-25(24)32-4/h5-16H,1-4H3,(H,28,30)/b27-16+. The number of methoxy groups -OCH3 is 2. The Bertz CT molecular complexity index is 1320. The zero-order valence-electron chi connectivity index (χ0n) is 18.5. The molecule has 1 amide bonds. The summed E-state index contributed by atoms with van der Waals surface area (Å²) < 4.78 is 12.9. The first-order valence-electron chi connectivity index (χ1n) is 10.3. The maximum Gasteiger partial charge on any atom is 0.275 e. The number of carbonyl (C=O) groups is 1. The lowest BCUT2D eigenvalue weighted by molar-refractivity contribution is 0.0952. The first-order chi connectivity index (χ1) is 15.5. The molecule has 3 aromatic carbocycles. The van der Waals surface area contributed by atoms with E-state index in [1.54, 1.807) is 20.4 Å². The minimum atomic E-state index is -0.328. The average Bonchev–Trinajstić information content (AvgIpc) is 3.10. The van der Waals surface area contributed by atoms with E-state index < -0.39 is 0 Å². The molecule has 1 heterocycles. The first kappa shape index (κ1) is 21.2. The third-order valence-corrected chi connectivity index (χ3v) is 5.46. The van der Waals surface area contributed by atoms with Gasteiger partial charge in [-0.1, -0.05) is 30.3 Å². The molecule has 0 aliphatic heterocycles. The minimum absolute atomic E-state index is 0.328. The molecule has 4 rings (SSSR count). The Balaban J connectivity index is 1.57. The fraction of sp³-hybridized carbons (Fsp3) is 0.154. The Labute approximate surface area is 187 Å². The van der Waals surface area contributed by atoms with E-state index in [0.717, 1.165) is 39.2 Å². The summed E-state index contributed by atoms with van der Waals surface area (Å²) in [6.45, 7) is 4.05. The van der Waals surface area contributed by atoms with E-state index in [9.17, 15) is 4.79 Å². The Morgan fingerprint density at radius 2 is 1.69 bits per heavy atom. The summed E-state index contributed by atoms with van der Waals surface area (Å²) in [6.07, 6.45) is 1.66. The number of aromatic nitrogens is 1. The molecule has 0 unspecified atom stereocenters. The van der Waals surface area contributed by atoms with Crippen molar-refractivity contribution in [1.82, 2.24) is 9.99 Å². The van der Waals surface area contributed by atoms with Gasteiger partial charge >= 0.3 is 0 Å². The predicted molar refractivity (Wildman–Crippen MR) is 127 cm³/mol. The molecular weight excluding hydrogens is 402 g/mol. The van der Waals surface area contributed by atoms with E-state index in [1.807, 2.05) is 80.6 Å². The SMILES string of the molecule is COc1cccc(-n2c(C)cc(/C=N/NC(=O)c3cc4ccccc4cc3OC)c2C)c1. The van der Waals surface area contributed by atoms with E-state index in [-0.39, 0.29) is 5.91 Å². The van der Waals surface area contributed by atoms with Crippen molar-refractivity contribution in [3.05, 3.63) is 89.2 Å². The van der Waals surface area contributed by atoms with Gasteiger partial charge in [0.25, 0.3) is 5.91 Å². The summed E-state index contributed by atoms with van der Waals surface area (Å²) in [4.78, 5) is 12.8. The highest BCUT2D eigenvalue weighted by molar-refractivity contribution is 6.02. The number of hydrogen-bond donors (Lipinski definition) is 1. The molecule has 32 heavy (non-hydrogen) atoms. The lowest BCUT2D eigenvalue weighted by Gasteiger charge is -2.11. The van der Waals surface area contributed by atoms with Gasteiger partial charge in [-0.3, -0.25) is 4.79 Å². The third-order valence-electron chi connectivity index (χ3n) is 5.46. The topological polar surface area (TPSA) is 64.8 Å². The predicted octanol–water partition coefficient (Wildman–Crippen LogP) is 5.03. The fourth-order valence-electron chi connectivity index (χ4n) is 3.85. The van der Waals surface area contributed by atoms with Gasteiger partial charge in [0.05, 0.1) is 26.0 Å². The summed E-state index contributed by atoms with van der Waals surface area (Å²) in [5.41, 5.74) is 7.04. The fourth-order valence-corrected chi connectivity index (χ4v) is 3.85. The van der Waals surface area contributed by atoms with Crippen molar-refractivity contribution >= 4 is 22.9 Å². The number of hydrazone groups is 1. The monoisotopic (exact) mass is 427 g/mol. The van der Waals surface area contributed by atoms with E-state index in [4.69, 9.17) is 9.47 Å². The second kappa shape index (κ2) is 8.98. The van der Waals surface area contributed by atoms with Crippen LogP contribution in [-0.4, -0.2) is 30.9 Å². The van der Waals surface area contributed by atoms with Crippen LogP contribution in [0.3, 0.4) is 0 Å². The molecular formula is C26H25N3O3. The van der Waals surface area contributed by atoms with Gasteiger partial charge in [0.1, 0.15) is 11.5 Å². The van der Waals surface area contributed by atoms with Crippen LogP contribution < -0.4 is 14.9 Å². The maximum absolute atomic E-state index is 12.8. The van der Waals surface area contributed by atoms with E-state index in [0.29, 0.717) is 11.3 Å². The number of rotatable bonds is 6. The number of hydrogen-bond acceptors (Lipinski definition) is 4. The largest absolute Gasteiger partial charge is 0.497 e. The molecule has 0 bridgehead atoms. The lowest BCUT2D eigenvalue weighted by atomic mass is 10.1. The Kier molecular flexibility index (Phi) is 5.94. The van der Waals surface area contributed by atoms with Crippen molar-refractivity contribution in [3.63, 3.8) is 0 Å². The van der Waals surface area contributed by atoms with Crippen LogP contribution in [0.4, 0.5) is 0 Å². The smallest absolute Gasteiger partial charge is 0.275 e. The number of carbonyl (C=O) groups excluding carboxylic acids is 1. The van der Waals surface area contributed by atoms with Crippen LogP contribution in [0, 0.1) is 13.8 Å². The number of amides is 1. The number of ether oxygens (including phenoxy) is 2. The van der Waals surface area contributed by atoms with Gasteiger partial charge < -0.3 is 14.0 Å². The molecule has 0 aliphatic carbocycles. The number of nitrogens with zero attached hydrogens (tertiary/aromatic N) is 2. The van der Waals surface area contributed by atoms with Crippen molar-refractivity contribution in [2.45, 2.75) is 13.8 Å². The Hall–Kier alpha value is -4.06. The van der Waals surface area contributed by atoms with Gasteiger partial charge in [-0.05, 0) is 55.0 Å². The summed E-state index contributed by atoms with van der Waals surface area (Å²) in [5, 5.41) is 6.17. The molecule has 4 aromatic rings. The normalized spacial score (nSPS) is 11.1. The molecule has 162 valence electrons. The molecule has 0 spiro atoms. The van der Waals surface area contributed by atoms with Crippen molar-refractivity contribution < 1.29 is 14.3 Å². The Morgan fingerprint density at radius 1 is 0.938 bits per heavy atom. The van der Waals surface area contributed by atoms with Crippen LogP contribution in [0.1, 0.15) is 27.3 Å². The molecule has 0 fully saturated rings. The van der Waals surface area contributed by atoms with Crippen LogP contribution >= 0.6 is 0 Å². The highest BCUT2D eigenvalue weighted by Gasteiger charge is 2.14. The van der Waals surface area contributed by atoms with Crippen LogP contribution in [0.2, 0.25) is 0 Å². The molecule has 1 N–H and O–H groups in total. The first-order valence-corrected chi connectivity index (χ1v) is 10.3. The van der Waals surface area contributed by atoms with Crippen molar-refractivity contribution in [2.24, 2.45) is 5.10 Å². The van der Waals surface area contributed by atoms with Gasteiger partial charge in [-0.15, -0.1) is 0 Å². The minimum Gasteiger partial charge on any atom is -0.497 e. The van der Waals surface area contributed by atoms with E-state index in [2.05, 4.69) is 15.1 Å². The molecule has 0 aliphatic rings. The van der Waals surface area contributed by atoms with Crippen LogP contribution in [0.15, 0.2) is 71.8 Å². The van der Waals surface area contributed by atoms with Gasteiger partial charge in [0.15, 0.2) is 0 Å². The van der Waals surface area contributed by atoms with Gasteiger partial charge in [0, 0.05) is 28.7 Å². The van der Waals surface area contributed by atoms with Gasteiger partial charge in [-0.25, -0.2) is 5.43 Å². The summed E-state index contributed by atoms with van der Waals surface area (Å²) in [7, 11) is 3.21. The van der Waals surface area contributed by atoms with E-state index >= 15 is 0 Å². The second-order valence-electron chi connectivity index (χ2n) is 7.46. The summed E-state index contributed by atoms with van der Waals surface area (Å²) in [5.74, 6) is 0.972. The molecule has 0 radical (unpaired) electrons. The molecule has 1 aromatic heterocycles. The third kappa shape index (κ3) is 4.07. The summed E-state index contributed by atoms with van der Waals surface area (Å²) in [6, 6.07) is 21.4. The van der Waals surface area contributed by atoms with E-state index in [1.165, 1.54) is 0 Å². The highest BCUT2D eigenvalue weighted by Crippen LogP contribution is 2.26. The number of benzene rings is 3. The number of nitrogens with one attached hydrogen (secondary N) is 1. The summed E-state index contributed by atoms with van der Waals surface area (Å²) >= 11 is 0. The molecule has 0 saturated heterocycles. The molecule has 0 atom stereocenters. The molecule has 6 nitrogen and oxygen atoms in total. The quantitative estimate of drug-likeness (QED) is 0.347. The van der Waals surface area contributed by atoms with Crippen LogP contribution in [0.25, 0.3) is 16.5 Å². The second-order valence-corrected chi connectivity index (χ2v) is 7.46. The average molecular weight is 428 g/mol. The lowest BCUT2D eigenvalue weighted by Crippen LogP contribution is -2.18. The maximum atomic E-state index is 12.8. The number of fused-ring (bicyclic) bond motifs is 1. The van der Waals surface area contributed by atoms with Gasteiger partial charge in [0.2, 0.25) is 0 Å². The number of aryl methyl sites for hydroxylation is 1. The molecule has 0 saturated carbocycles. The van der Waals surface area contributed by atoms with Crippen molar-refractivity contribution in [3.8, 4) is 17.2 Å². The van der Waals surface area contributed by atoms with Crippen molar-refractivity contribution in [1.29, 1.82) is 0 Å². The zero-order valence-corrected chi connectivity index (χ0v) is 18.5. The zero-order chi connectivity index (χ0) is 22.7.